The smallest absolute Gasteiger partial charge is 0.217 e. The summed E-state index contributed by atoms with van der Waals surface area (Å²) in [6.07, 6.45) is 2.89. The van der Waals surface area contributed by atoms with Crippen LogP contribution in [0.3, 0.4) is 0 Å². The van der Waals surface area contributed by atoms with Gasteiger partial charge in [0.25, 0.3) is 0 Å². The van der Waals surface area contributed by atoms with Gasteiger partial charge >= 0.3 is 0 Å². The SMILES string of the molecule is CN=C1N=CCCN1. The first-order chi connectivity index (χ1) is 3.93. The molecule has 0 saturated carbocycles. The molecule has 0 saturated heterocycles. The van der Waals surface area contributed by atoms with E-state index in [4.69, 9.17) is 0 Å². The molecule has 0 atom stereocenters. The summed E-state index contributed by atoms with van der Waals surface area (Å²) < 4.78 is 0. The monoisotopic (exact) mass is 111 g/mol. The van der Waals surface area contributed by atoms with Crippen LogP contribution in [-0.2, 0) is 0 Å². The van der Waals surface area contributed by atoms with Gasteiger partial charge in [0.1, 0.15) is 0 Å². The Kier molecular flexibility index (Phi) is 1.62. The van der Waals surface area contributed by atoms with Crippen LogP contribution in [0, 0.1) is 0 Å². The number of rotatable bonds is 0. The molecule has 0 amide bonds. The number of aliphatic imine (C=N–C) groups is 2. The number of nitrogens with one attached hydrogen (secondary N) is 1. The topological polar surface area (TPSA) is 36.8 Å². The Morgan fingerprint density at radius 3 is 3.12 bits per heavy atom. The van der Waals surface area contributed by atoms with E-state index < -0.39 is 0 Å². The van der Waals surface area contributed by atoms with Gasteiger partial charge in [-0.1, -0.05) is 0 Å². The normalized spacial score (nSPS) is 23.4. The molecular weight excluding hydrogens is 102 g/mol. The third kappa shape index (κ3) is 1.05. The molecule has 0 aromatic rings. The predicted octanol–water partition coefficient (Wildman–Crippen LogP) is 0.0363. The quantitative estimate of drug-likeness (QED) is 0.470. The molecule has 0 radical (unpaired) electrons. The third-order valence-corrected chi connectivity index (χ3v) is 0.982. The number of hydrogen-bond acceptors (Lipinski definition) is 1. The largest absolute Gasteiger partial charge is 0.354 e. The van der Waals surface area contributed by atoms with Gasteiger partial charge in [-0.3, -0.25) is 4.99 Å². The Morgan fingerprint density at radius 2 is 2.75 bits per heavy atom. The fraction of sp³-hybridized carbons (Fsp3) is 0.600. The molecule has 3 heteroatoms. The average Bonchev–Trinajstić information content (AvgIpc) is 1.90. The molecule has 1 aliphatic heterocycles. The van der Waals surface area contributed by atoms with Crippen molar-refractivity contribution in [3.8, 4) is 0 Å². The van der Waals surface area contributed by atoms with E-state index in [2.05, 4.69) is 15.3 Å². The van der Waals surface area contributed by atoms with Crippen LogP contribution < -0.4 is 5.32 Å². The molecule has 3 nitrogen and oxygen atoms in total. The molecule has 1 aliphatic rings. The highest BCUT2D eigenvalue weighted by molar-refractivity contribution is 5.89. The summed E-state index contributed by atoms with van der Waals surface area (Å²) in [5, 5.41) is 3.02. The van der Waals surface area contributed by atoms with E-state index in [1.807, 2.05) is 6.21 Å². The van der Waals surface area contributed by atoms with Crippen LogP contribution in [0.15, 0.2) is 9.98 Å². The molecule has 0 aromatic carbocycles. The highest BCUT2D eigenvalue weighted by Crippen LogP contribution is 1.83. The highest BCUT2D eigenvalue weighted by atomic mass is 15.1. The van der Waals surface area contributed by atoms with Gasteiger partial charge in [0.2, 0.25) is 5.96 Å². The van der Waals surface area contributed by atoms with Gasteiger partial charge in [0, 0.05) is 26.2 Å². The minimum atomic E-state index is 0.747. The summed E-state index contributed by atoms with van der Waals surface area (Å²) in [4.78, 5) is 7.82. The second kappa shape index (κ2) is 2.45. The Hall–Kier alpha value is -0.860. The zero-order chi connectivity index (χ0) is 5.82. The molecule has 0 spiro atoms. The summed E-state index contributed by atoms with van der Waals surface area (Å²) in [6, 6.07) is 0. The summed E-state index contributed by atoms with van der Waals surface area (Å²) in [5.74, 6) is 0.747. The van der Waals surface area contributed by atoms with Gasteiger partial charge < -0.3 is 5.32 Å². The number of nitrogens with zero attached hydrogens (tertiary/aromatic N) is 2. The molecule has 0 aromatic heterocycles. The summed E-state index contributed by atoms with van der Waals surface area (Å²) >= 11 is 0. The predicted molar refractivity (Wildman–Crippen MR) is 34.5 cm³/mol. The lowest BCUT2D eigenvalue weighted by Crippen LogP contribution is -2.26. The van der Waals surface area contributed by atoms with Gasteiger partial charge in [-0.05, 0) is 0 Å². The van der Waals surface area contributed by atoms with E-state index in [0.717, 1.165) is 18.9 Å². The number of guanidine groups is 1. The third-order valence-electron chi connectivity index (χ3n) is 0.982. The van der Waals surface area contributed by atoms with Gasteiger partial charge in [-0.15, -0.1) is 0 Å². The van der Waals surface area contributed by atoms with Crippen molar-refractivity contribution in [3.05, 3.63) is 0 Å². The minimum Gasteiger partial charge on any atom is -0.354 e. The van der Waals surface area contributed by atoms with Gasteiger partial charge in [0.05, 0.1) is 0 Å². The molecule has 0 bridgehead atoms. The lowest BCUT2D eigenvalue weighted by atomic mass is 10.4. The van der Waals surface area contributed by atoms with Crippen LogP contribution in [0.2, 0.25) is 0 Å². The second-order valence-electron chi connectivity index (χ2n) is 1.57. The summed E-state index contributed by atoms with van der Waals surface area (Å²) in [5.41, 5.74) is 0. The van der Waals surface area contributed by atoms with E-state index in [9.17, 15) is 0 Å². The Bertz CT molecular complexity index is 126. The van der Waals surface area contributed by atoms with Crippen LogP contribution in [0.4, 0.5) is 0 Å². The maximum Gasteiger partial charge on any atom is 0.217 e. The van der Waals surface area contributed by atoms with Gasteiger partial charge in [-0.2, -0.15) is 0 Å². The molecule has 1 rings (SSSR count). The number of hydrogen-bond donors (Lipinski definition) is 1. The highest BCUT2D eigenvalue weighted by Gasteiger charge is 1.95. The van der Waals surface area contributed by atoms with Crippen LogP contribution in [0.5, 0.6) is 0 Å². The van der Waals surface area contributed by atoms with Crippen molar-refractivity contribution in [1.29, 1.82) is 0 Å². The van der Waals surface area contributed by atoms with E-state index in [1.54, 1.807) is 7.05 Å². The zero-order valence-corrected chi connectivity index (χ0v) is 4.89. The van der Waals surface area contributed by atoms with Crippen molar-refractivity contribution < 1.29 is 0 Å². The van der Waals surface area contributed by atoms with Crippen molar-refractivity contribution >= 4 is 12.2 Å². The first-order valence-electron chi connectivity index (χ1n) is 2.66. The molecular formula is C5H9N3. The Balaban J connectivity index is 2.56. The molecule has 0 aliphatic carbocycles. The molecule has 0 fully saturated rings. The molecule has 0 unspecified atom stereocenters. The maximum atomic E-state index is 3.96. The molecule has 1 heterocycles. The first kappa shape index (κ1) is 5.28. The van der Waals surface area contributed by atoms with Crippen molar-refractivity contribution in [3.63, 3.8) is 0 Å². The van der Waals surface area contributed by atoms with Crippen LogP contribution in [0.1, 0.15) is 6.42 Å². The Labute approximate surface area is 48.5 Å². The summed E-state index contributed by atoms with van der Waals surface area (Å²) in [7, 11) is 1.73. The first-order valence-corrected chi connectivity index (χ1v) is 2.66. The van der Waals surface area contributed by atoms with E-state index in [-0.39, 0.29) is 0 Å². The van der Waals surface area contributed by atoms with Gasteiger partial charge in [0.15, 0.2) is 0 Å². The van der Waals surface area contributed by atoms with Crippen molar-refractivity contribution in [2.24, 2.45) is 9.98 Å². The standard InChI is InChI=1S/C5H9N3/c1-6-5-7-3-2-4-8-5/h3H,2,4H2,1H3,(H,6,8). The zero-order valence-electron chi connectivity index (χ0n) is 4.89. The summed E-state index contributed by atoms with van der Waals surface area (Å²) in [6.45, 7) is 0.968. The van der Waals surface area contributed by atoms with Crippen LogP contribution in [0.25, 0.3) is 0 Å². The Morgan fingerprint density at radius 1 is 1.88 bits per heavy atom. The van der Waals surface area contributed by atoms with Crippen LogP contribution in [-0.4, -0.2) is 25.8 Å². The lowest BCUT2D eigenvalue weighted by molar-refractivity contribution is 0.887. The van der Waals surface area contributed by atoms with E-state index >= 15 is 0 Å². The van der Waals surface area contributed by atoms with E-state index in [1.165, 1.54) is 0 Å². The fourth-order valence-corrected chi connectivity index (χ4v) is 0.582. The van der Waals surface area contributed by atoms with Crippen molar-refractivity contribution in [2.45, 2.75) is 6.42 Å². The van der Waals surface area contributed by atoms with Crippen LogP contribution >= 0.6 is 0 Å². The van der Waals surface area contributed by atoms with Crippen molar-refractivity contribution in [2.75, 3.05) is 13.6 Å². The second-order valence-corrected chi connectivity index (χ2v) is 1.57. The molecule has 44 valence electrons. The minimum absolute atomic E-state index is 0.747. The fourth-order valence-electron chi connectivity index (χ4n) is 0.582. The maximum absolute atomic E-state index is 3.96. The molecule has 8 heavy (non-hydrogen) atoms. The van der Waals surface area contributed by atoms with Gasteiger partial charge in [-0.25, -0.2) is 4.99 Å². The van der Waals surface area contributed by atoms with Crippen molar-refractivity contribution in [1.82, 2.24) is 5.32 Å². The average molecular weight is 111 g/mol. The lowest BCUT2D eigenvalue weighted by Gasteiger charge is -2.06. The van der Waals surface area contributed by atoms with E-state index in [0.29, 0.717) is 0 Å². The molecule has 1 N–H and O–H groups in total.